The van der Waals surface area contributed by atoms with E-state index in [2.05, 4.69) is 0 Å². The maximum atomic E-state index is 10.7. The van der Waals surface area contributed by atoms with Gasteiger partial charge in [0, 0.05) is 6.42 Å². The van der Waals surface area contributed by atoms with Crippen molar-refractivity contribution in [2.24, 2.45) is 11.3 Å². The zero-order valence-electron chi connectivity index (χ0n) is 7.23. The lowest BCUT2D eigenvalue weighted by atomic mass is 9.79. The largest absolute Gasteiger partial charge is 0.300 e. The van der Waals surface area contributed by atoms with Crippen LogP contribution >= 0.6 is 0 Å². The number of hydrogen-bond donors (Lipinski definition) is 0. The Hall–Kier alpha value is -0.330. The van der Waals surface area contributed by atoms with Crippen molar-refractivity contribution in [1.82, 2.24) is 0 Å². The third-order valence-corrected chi connectivity index (χ3v) is 3.55. The Kier molecular flexibility index (Phi) is 1.55. The van der Waals surface area contributed by atoms with E-state index < -0.39 is 0 Å². The van der Waals surface area contributed by atoms with Crippen molar-refractivity contribution >= 4 is 5.78 Å². The van der Waals surface area contributed by atoms with Gasteiger partial charge in [0.05, 0.1) is 0 Å². The first-order chi connectivity index (χ1) is 5.23. The first kappa shape index (κ1) is 7.33. The molecule has 0 heterocycles. The molecule has 2 aliphatic rings. The summed E-state index contributed by atoms with van der Waals surface area (Å²) in [5.74, 6) is 1.30. The molecule has 0 aliphatic heterocycles. The van der Waals surface area contributed by atoms with Gasteiger partial charge in [-0.25, -0.2) is 0 Å². The van der Waals surface area contributed by atoms with Crippen molar-refractivity contribution in [3.8, 4) is 0 Å². The van der Waals surface area contributed by atoms with Crippen LogP contribution in [0.4, 0.5) is 0 Å². The first-order valence-electron chi connectivity index (χ1n) is 4.72. The van der Waals surface area contributed by atoms with E-state index in [9.17, 15) is 4.79 Å². The molecule has 0 N–H and O–H groups in total. The third kappa shape index (κ3) is 1.21. The molecule has 2 saturated carbocycles. The zero-order valence-corrected chi connectivity index (χ0v) is 7.23. The molecule has 0 aromatic heterocycles. The molecule has 0 radical (unpaired) electrons. The maximum absolute atomic E-state index is 10.7. The van der Waals surface area contributed by atoms with Crippen LogP contribution in [-0.2, 0) is 4.79 Å². The average molecular weight is 152 g/mol. The zero-order chi connectivity index (χ0) is 7.90. The summed E-state index contributed by atoms with van der Waals surface area (Å²) in [6.45, 7) is 1.70. The van der Waals surface area contributed by atoms with Crippen LogP contribution in [0.2, 0.25) is 0 Å². The molecule has 1 heteroatoms. The second kappa shape index (κ2) is 2.33. The van der Waals surface area contributed by atoms with E-state index in [-0.39, 0.29) is 0 Å². The molecule has 62 valence electrons. The molecule has 1 atom stereocenters. The highest BCUT2D eigenvalue weighted by Crippen LogP contribution is 2.66. The van der Waals surface area contributed by atoms with Crippen molar-refractivity contribution in [2.45, 2.75) is 45.4 Å². The maximum Gasteiger partial charge on any atom is 0.129 e. The second-order valence-corrected chi connectivity index (χ2v) is 4.36. The summed E-state index contributed by atoms with van der Waals surface area (Å²) in [5.41, 5.74) is 0.773. The molecule has 1 unspecified atom stereocenters. The lowest BCUT2D eigenvalue weighted by Gasteiger charge is -2.26. The van der Waals surface area contributed by atoms with Gasteiger partial charge < -0.3 is 4.79 Å². The quantitative estimate of drug-likeness (QED) is 0.607. The fourth-order valence-corrected chi connectivity index (χ4v) is 2.46. The smallest absolute Gasteiger partial charge is 0.129 e. The van der Waals surface area contributed by atoms with Crippen LogP contribution in [0.15, 0.2) is 0 Å². The summed E-state index contributed by atoms with van der Waals surface area (Å²) in [7, 11) is 0. The van der Waals surface area contributed by atoms with Gasteiger partial charge in [-0.15, -0.1) is 0 Å². The Morgan fingerprint density at radius 2 is 2.27 bits per heavy atom. The SMILES string of the molecule is CC(=O)CCC1CC12CCC2. The van der Waals surface area contributed by atoms with Gasteiger partial charge >= 0.3 is 0 Å². The lowest BCUT2D eigenvalue weighted by molar-refractivity contribution is -0.117. The molecular weight excluding hydrogens is 136 g/mol. The fourth-order valence-electron chi connectivity index (χ4n) is 2.46. The summed E-state index contributed by atoms with van der Waals surface area (Å²) in [4.78, 5) is 10.7. The Labute approximate surface area is 68.2 Å². The van der Waals surface area contributed by atoms with Gasteiger partial charge in [0.25, 0.3) is 0 Å². The van der Waals surface area contributed by atoms with Crippen molar-refractivity contribution in [3.05, 3.63) is 0 Å². The number of hydrogen-bond acceptors (Lipinski definition) is 1. The summed E-state index contributed by atoms with van der Waals surface area (Å²) in [6.07, 6.45) is 7.78. The van der Waals surface area contributed by atoms with E-state index in [4.69, 9.17) is 0 Å². The molecule has 2 fully saturated rings. The van der Waals surface area contributed by atoms with Crippen LogP contribution in [0, 0.1) is 11.3 Å². The van der Waals surface area contributed by atoms with Gasteiger partial charge in [0.15, 0.2) is 0 Å². The van der Waals surface area contributed by atoms with Gasteiger partial charge in [0.1, 0.15) is 5.78 Å². The summed E-state index contributed by atoms with van der Waals surface area (Å²) < 4.78 is 0. The lowest BCUT2D eigenvalue weighted by Crippen LogP contribution is -2.14. The van der Waals surface area contributed by atoms with Crippen molar-refractivity contribution in [2.75, 3.05) is 0 Å². The van der Waals surface area contributed by atoms with Gasteiger partial charge in [-0.3, -0.25) is 0 Å². The average Bonchev–Trinajstić information content (AvgIpc) is 2.55. The minimum absolute atomic E-state index is 0.367. The first-order valence-corrected chi connectivity index (χ1v) is 4.72. The monoisotopic (exact) mass is 152 g/mol. The van der Waals surface area contributed by atoms with E-state index >= 15 is 0 Å². The summed E-state index contributed by atoms with van der Waals surface area (Å²) in [5, 5.41) is 0. The van der Waals surface area contributed by atoms with Gasteiger partial charge in [-0.1, -0.05) is 6.42 Å². The molecule has 1 spiro atoms. The summed E-state index contributed by atoms with van der Waals surface area (Å²) in [6, 6.07) is 0. The standard InChI is InChI=1S/C10H16O/c1-8(11)3-4-9-7-10(9)5-2-6-10/h9H,2-7H2,1H3. The minimum atomic E-state index is 0.367. The number of carbonyl (C=O) groups excluding carboxylic acids is 1. The highest BCUT2D eigenvalue weighted by Gasteiger charge is 2.56. The molecule has 0 amide bonds. The number of ketones is 1. The molecule has 0 aromatic rings. The van der Waals surface area contributed by atoms with Gasteiger partial charge in [-0.05, 0) is 43.9 Å². The fraction of sp³-hybridized carbons (Fsp3) is 0.900. The van der Waals surface area contributed by atoms with E-state index in [1.165, 1.54) is 32.1 Å². The van der Waals surface area contributed by atoms with Crippen LogP contribution in [0.1, 0.15) is 45.4 Å². The van der Waals surface area contributed by atoms with Crippen LogP contribution in [-0.4, -0.2) is 5.78 Å². The Morgan fingerprint density at radius 1 is 1.55 bits per heavy atom. The predicted octanol–water partition coefficient (Wildman–Crippen LogP) is 2.55. The molecule has 0 aromatic carbocycles. The molecule has 1 nitrogen and oxygen atoms in total. The molecule has 11 heavy (non-hydrogen) atoms. The molecule has 2 rings (SSSR count). The Balaban J connectivity index is 1.71. The Bertz CT molecular complexity index is 179. The van der Waals surface area contributed by atoms with Gasteiger partial charge in [0.2, 0.25) is 0 Å². The van der Waals surface area contributed by atoms with E-state index in [1.54, 1.807) is 6.92 Å². The molecule has 2 aliphatic carbocycles. The third-order valence-electron chi connectivity index (χ3n) is 3.55. The van der Waals surface area contributed by atoms with Crippen LogP contribution < -0.4 is 0 Å². The summed E-state index contributed by atoms with van der Waals surface area (Å²) >= 11 is 0. The van der Waals surface area contributed by atoms with Gasteiger partial charge in [-0.2, -0.15) is 0 Å². The number of rotatable bonds is 3. The number of Topliss-reactive ketones (excluding diaryl/α,β-unsaturated/α-hetero) is 1. The number of carbonyl (C=O) groups is 1. The van der Waals surface area contributed by atoms with Crippen LogP contribution in [0.5, 0.6) is 0 Å². The van der Waals surface area contributed by atoms with Crippen LogP contribution in [0.3, 0.4) is 0 Å². The van der Waals surface area contributed by atoms with Crippen molar-refractivity contribution < 1.29 is 4.79 Å². The van der Waals surface area contributed by atoms with Crippen molar-refractivity contribution in [3.63, 3.8) is 0 Å². The van der Waals surface area contributed by atoms with Crippen LogP contribution in [0.25, 0.3) is 0 Å². The Morgan fingerprint density at radius 3 is 2.64 bits per heavy atom. The molecule has 0 bridgehead atoms. The normalized spacial score (nSPS) is 31.5. The van der Waals surface area contributed by atoms with E-state index in [0.717, 1.165) is 17.8 Å². The molecular formula is C10H16O. The predicted molar refractivity (Wildman–Crippen MR) is 44.3 cm³/mol. The topological polar surface area (TPSA) is 17.1 Å². The highest BCUT2D eigenvalue weighted by atomic mass is 16.1. The molecule has 0 saturated heterocycles. The minimum Gasteiger partial charge on any atom is -0.300 e. The highest BCUT2D eigenvalue weighted by molar-refractivity contribution is 5.75. The van der Waals surface area contributed by atoms with E-state index in [0.29, 0.717) is 5.78 Å². The van der Waals surface area contributed by atoms with Crippen molar-refractivity contribution in [1.29, 1.82) is 0 Å². The van der Waals surface area contributed by atoms with E-state index in [1.807, 2.05) is 0 Å². The second-order valence-electron chi connectivity index (χ2n) is 4.36.